The van der Waals surface area contributed by atoms with Gasteiger partial charge in [0, 0.05) is 0 Å². The van der Waals surface area contributed by atoms with E-state index < -0.39 is 0 Å². The van der Waals surface area contributed by atoms with Crippen LogP contribution in [0.15, 0.2) is 5.38 Å². The molecule has 1 aromatic rings. The number of halogens is 1. The third-order valence-electron chi connectivity index (χ3n) is 1.75. The first kappa shape index (κ1) is 13.3. The molecular formula is C9H14ClNO2S. The number of esters is 1. The second-order valence-corrected chi connectivity index (χ2v) is 3.46. The van der Waals surface area contributed by atoms with Gasteiger partial charge < -0.3 is 10.5 Å². The van der Waals surface area contributed by atoms with E-state index in [4.69, 9.17) is 10.5 Å². The van der Waals surface area contributed by atoms with E-state index in [1.54, 1.807) is 6.92 Å². The van der Waals surface area contributed by atoms with Gasteiger partial charge in [0.2, 0.25) is 0 Å². The van der Waals surface area contributed by atoms with Gasteiger partial charge in [-0.1, -0.05) is 6.92 Å². The SMILES string of the molecule is CCOC(=O)c1scc(CC)c1N.Cl. The number of carbonyl (C=O) groups excluding carboxylic acids is 1. The van der Waals surface area contributed by atoms with Gasteiger partial charge in [0.05, 0.1) is 12.3 Å². The lowest BCUT2D eigenvalue weighted by atomic mass is 10.2. The van der Waals surface area contributed by atoms with Crippen molar-refractivity contribution in [3.63, 3.8) is 0 Å². The predicted molar refractivity (Wildman–Crippen MR) is 61.3 cm³/mol. The highest BCUT2D eigenvalue weighted by Gasteiger charge is 2.15. The Kier molecular flexibility index (Phi) is 5.57. The smallest absolute Gasteiger partial charge is 0.350 e. The molecule has 0 unspecified atom stereocenters. The average molecular weight is 236 g/mol. The van der Waals surface area contributed by atoms with E-state index in [0.29, 0.717) is 17.2 Å². The molecule has 0 radical (unpaired) electrons. The number of thiophene rings is 1. The van der Waals surface area contributed by atoms with Crippen LogP contribution in [0.5, 0.6) is 0 Å². The van der Waals surface area contributed by atoms with Crippen molar-refractivity contribution in [3.8, 4) is 0 Å². The summed E-state index contributed by atoms with van der Waals surface area (Å²) in [7, 11) is 0. The molecule has 5 heteroatoms. The number of nitrogens with two attached hydrogens (primary N) is 1. The zero-order chi connectivity index (χ0) is 9.84. The molecule has 1 heterocycles. The highest BCUT2D eigenvalue weighted by Crippen LogP contribution is 2.26. The third kappa shape index (κ3) is 2.62. The summed E-state index contributed by atoms with van der Waals surface area (Å²) < 4.78 is 4.86. The van der Waals surface area contributed by atoms with Crippen LogP contribution < -0.4 is 5.73 Å². The molecule has 1 aromatic heterocycles. The molecule has 0 aliphatic rings. The zero-order valence-electron chi connectivity index (χ0n) is 8.20. The molecule has 3 nitrogen and oxygen atoms in total. The fraction of sp³-hybridized carbons (Fsp3) is 0.444. The summed E-state index contributed by atoms with van der Waals surface area (Å²) in [5.41, 5.74) is 7.35. The molecule has 0 aromatic carbocycles. The summed E-state index contributed by atoms with van der Waals surface area (Å²) in [6.45, 7) is 4.17. The van der Waals surface area contributed by atoms with E-state index in [0.717, 1.165) is 12.0 Å². The van der Waals surface area contributed by atoms with Crippen LogP contribution in [0.3, 0.4) is 0 Å². The van der Waals surface area contributed by atoms with Crippen LogP contribution in [0.2, 0.25) is 0 Å². The summed E-state index contributed by atoms with van der Waals surface area (Å²) in [4.78, 5) is 11.8. The van der Waals surface area contributed by atoms with E-state index in [1.807, 2.05) is 12.3 Å². The first-order valence-electron chi connectivity index (χ1n) is 4.23. The summed E-state index contributed by atoms with van der Waals surface area (Å²) in [5.74, 6) is -0.315. The van der Waals surface area contributed by atoms with Crippen LogP contribution in [0.4, 0.5) is 5.69 Å². The molecule has 0 spiro atoms. The van der Waals surface area contributed by atoms with Crippen molar-refractivity contribution in [2.45, 2.75) is 20.3 Å². The summed E-state index contributed by atoms with van der Waals surface area (Å²) >= 11 is 1.35. The molecule has 0 atom stereocenters. The number of carbonyl (C=O) groups is 1. The second-order valence-electron chi connectivity index (χ2n) is 2.58. The predicted octanol–water partition coefficient (Wildman–Crippen LogP) is 2.49. The number of rotatable bonds is 3. The van der Waals surface area contributed by atoms with Crippen molar-refractivity contribution in [3.05, 3.63) is 15.8 Å². The van der Waals surface area contributed by atoms with Crippen molar-refractivity contribution in [1.29, 1.82) is 0 Å². The van der Waals surface area contributed by atoms with Crippen molar-refractivity contribution >= 4 is 35.4 Å². The normalized spacial score (nSPS) is 9.29. The maximum atomic E-state index is 11.3. The summed E-state index contributed by atoms with van der Waals surface area (Å²) in [6, 6.07) is 0. The number of aryl methyl sites for hydroxylation is 1. The number of ether oxygens (including phenoxy) is 1. The Morgan fingerprint density at radius 3 is 2.64 bits per heavy atom. The van der Waals surface area contributed by atoms with E-state index in [-0.39, 0.29) is 18.4 Å². The molecule has 80 valence electrons. The van der Waals surface area contributed by atoms with Crippen LogP contribution in [0, 0.1) is 0 Å². The highest BCUT2D eigenvalue weighted by molar-refractivity contribution is 7.12. The lowest BCUT2D eigenvalue weighted by Gasteiger charge is -2.00. The van der Waals surface area contributed by atoms with E-state index in [2.05, 4.69) is 0 Å². The summed E-state index contributed by atoms with van der Waals surface area (Å²) in [6.07, 6.45) is 0.849. The standard InChI is InChI=1S/C9H13NO2S.ClH/c1-3-6-5-13-8(7(6)10)9(11)12-4-2;/h5H,3-4,10H2,1-2H3;1H. The van der Waals surface area contributed by atoms with Crippen LogP contribution in [-0.4, -0.2) is 12.6 Å². The highest BCUT2D eigenvalue weighted by atomic mass is 35.5. The molecule has 14 heavy (non-hydrogen) atoms. The van der Waals surface area contributed by atoms with Gasteiger partial charge in [-0.15, -0.1) is 23.7 Å². The number of hydrogen-bond donors (Lipinski definition) is 1. The van der Waals surface area contributed by atoms with Crippen LogP contribution >= 0.6 is 23.7 Å². The molecular weight excluding hydrogens is 222 g/mol. The Labute approximate surface area is 93.7 Å². The van der Waals surface area contributed by atoms with Crippen molar-refractivity contribution in [2.75, 3.05) is 12.3 Å². The Balaban J connectivity index is 0.00000169. The lowest BCUT2D eigenvalue weighted by molar-refractivity contribution is 0.0533. The Morgan fingerprint density at radius 1 is 1.57 bits per heavy atom. The van der Waals surface area contributed by atoms with Gasteiger partial charge in [-0.05, 0) is 24.3 Å². The molecule has 0 amide bonds. The van der Waals surface area contributed by atoms with Gasteiger partial charge >= 0.3 is 5.97 Å². The third-order valence-corrected chi connectivity index (χ3v) is 2.78. The molecule has 0 saturated carbocycles. The first-order valence-corrected chi connectivity index (χ1v) is 5.11. The van der Waals surface area contributed by atoms with Crippen LogP contribution in [0.1, 0.15) is 29.1 Å². The van der Waals surface area contributed by atoms with Crippen molar-refractivity contribution < 1.29 is 9.53 Å². The van der Waals surface area contributed by atoms with Crippen LogP contribution in [0.25, 0.3) is 0 Å². The maximum Gasteiger partial charge on any atom is 0.350 e. The number of nitrogen functional groups attached to an aromatic ring is 1. The lowest BCUT2D eigenvalue weighted by Crippen LogP contribution is -2.05. The largest absolute Gasteiger partial charge is 0.462 e. The second kappa shape index (κ2) is 5.88. The molecule has 0 saturated heterocycles. The molecule has 1 rings (SSSR count). The molecule has 0 aliphatic heterocycles. The minimum atomic E-state index is -0.315. The topological polar surface area (TPSA) is 52.3 Å². The minimum absolute atomic E-state index is 0. The molecule has 0 fully saturated rings. The van der Waals surface area contributed by atoms with E-state index in [9.17, 15) is 4.79 Å². The van der Waals surface area contributed by atoms with Gasteiger partial charge in [-0.2, -0.15) is 0 Å². The fourth-order valence-electron chi connectivity index (χ4n) is 1.03. The molecule has 2 N–H and O–H groups in total. The Hall–Kier alpha value is -0.740. The minimum Gasteiger partial charge on any atom is -0.462 e. The zero-order valence-corrected chi connectivity index (χ0v) is 9.83. The maximum absolute atomic E-state index is 11.3. The summed E-state index contributed by atoms with van der Waals surface area (Å²) in [5, 5.41) is 1.90. The van der Waals surface area contributed by atoms with Gasteiger partial charge in [0.25, 0.3) is 0 Å². The van der Waals surface area contributed by atoms with Gasteiger partial charge in [-0.25, -0.2) is 4.79 Å². The Morgan fingerprint density at radius 2 is 2.21 bits per heavy atom. The van der Waals surface area contributed by atoms with Crippen LogP contribution in [-0.2, 0) is 11.2 Å². The van der Waals surface area contributed by atoms with Gasteiger partial charge in [0.15, 0.2) is 0 Å². The van der Waals surface area contributed by atoms with Crippen molar-refractivity contribution in [2.24, 2.45) is 0 Å². The van der Waals surface area contributed by atoms with E-state index >= 15 is 0 Å². The quantitative estimate of drug-likeness (QED) is 0.819. The Bertz CT molecular complexity index is 312. The number of hydrogen-bond acceptors (Lipinski definition) is 4. The molecule has 0 aliphatic carbocycles. The number of anilines is 1. The molecule has 0 bridgehead atoms. The monoisotopic (exact) mass is 235 g/mol. The van der Waals surface area contributed by atoms with Gasteiger partial charge in [-0.3, -0.25) is 0 Å². The first-order chi connectivity index (χ1) is 6.20. The van der Waals surface area contributed by atoms with E-state index in [1.165, 1.54) is 11.3 Å². The van der Waals surface area contributed by atoms with Crippen molar-refractivity contribution in [1.82, 2.24) is 0 Å². The fourth-order valence-corrected chi connectivity index (χ4v) is 2.00. The average Bonchev–Trinajstić information content (AvgIpc) is 2.47. The van der Waals surface area contributed by atoms with Gasteiger partial charge in [0.1, 0.15) is 4.88 Å².